The Bertz CT molecular complexity index is 583. The Balaban J connectivity index is 2.21. The van der Waals surface area contributed by atoms with Crippen molar-refractivity contribution in [2.45, 2.75) is 19.9 Å². The zero-order valence-electron chi connectivity index (χ0n) is 11.1. The first-order chi connectivity index (χ1) is 9.11. The largest absolute Gasteiger partial charge is 0.347 e. The number of pyridine rings is 1. The molecule has 0 bridgehead atoms. The number of alkyl halides is 1. The molecule has 2 aromatic rings. The van der Waals surface area contributed by atoms with Crippen molar-refractivity contribution in [3.05, 3.63) is 42.1 Å². The Hall–Kier alpha value is -1.17. The van der Waals surface area contributed by atoms with E-state index in [-0.39, 0.29) is 11.9 Å². The number of nitrogens with zero attached hydrogens (tertiary/aromatic N) is 1. The number of aromatic nitrogens is 1. The molecule has 0 spiro atoms. The Morgan fingerprint density at radius 2 is 2.00 bits per heavy atom. The Morgan fingerprint density at radius 1 is 1.26 bits per heavy atom. The lowest BCUT2D eigenvalue weighted by molar-refractivity contribution is 0.0927. The van der Waals surface area contributed by atoms with Gasteiger partial charge in [0.05, 0.1) is 5.52 Å². The van der Waals surface area contributed by atoms with Crippen LogP contribution in [0.2, 0.25) is 0 Å². The quantitative estimate of drug-likeness (QED) is 0.664. The second-order valence-electron chi connectivity index (χ2n) is 4.87. The van der Waals surface area contributed by atoms with Crippen molar-refractivity contribution in [2.75, 3.05) is 4.43 Å². The summed E-state index contributed by atoms with van der Waals surface area (Å²) < 4.78 is 0.898. The predicted molar refractivity (Wildman–Crippen MR) is 86.7 cm³/mol. The van der Waals surface area contributed by atoms with Gasteiger partial charge < -0.3 is 5.32 Å². The Morgan fingerprint density at radius 3 is 2.68 bits per heavy atom. The minimum atomic E-state index is -0.0962. The Kier molecular flexibility index (Phi) is 4.74. The monoisotopic (exact) mass is 368 g/mol. The van der Waals surface area contributed by atoms with Crippen molar-refractivity contribution in [2.24, 2.45) is 5.92 Å². The summed E-state index contributed by atoms with van der Waals surface area (Å²) in [5.41, 5.74) is 1.33. The molecular formula is C15H17IN2O. The molecule has 100 valence electrons. The maximum absolute atomic E-state index is 12.2. The molecule has 1 aromatic carbocycles. The van der Waals surface area contributed by atoms with Gasteiger partial charge in [0.15, 0.2) is 0 Å². The van der Waals surface area contributed by atoms with Crippen LogP contribution >= 0.6 is 22.6 Å². The van der Waals surface area contributed by atoms with Gasteiger partial charge in [0, 0.05) is 15.9 Å². The maximum Gasteiger partial charge on any atom is 0.270 e. The average molecular weight is 368 g/mol. The lowest BCUT2D eigenvalue weighted by Gasteiger charge is -2.19. The molecule has 0 fully saturated rings. The smallest absolute Gasteiger partial charge is 0.270 e. The number of carbonyl (C=O) groups is 1. The van der Waals surface area contributed by atoms with Crippen LogP contribution < -0.4 is 5.32 Å². The second kappa shape index (κ2) is 6.32. The maximum atomic E-state index is 12.2. The molecule has 0 aliphatic rings. The van der Waals surface area contributed by atoms with Crippen LogP contribution in [0, 0.1) is 5.92 Å². The minimum Gasteiger partial charge on any atom is -0.347 e. The van der Waals surface area contributed by atoms with Gasteiger partial charge in [0.1, 0.15) is 5.69 Å². The van der Waals surface area contributed by atoms with E-state index in [1.165, 1.54) is 0 Å². The number of fused-ring (bicyclic) bond motifs is 1. The highest BCUT2D eigenvalue weighted by atomic mass is 127. The van der Waals surface area contributed by atoms with Gasteiger partial charge in [-0.2, -0.15) is 0 Å². The van der Waals surface area contributed by atoms with E-state index in [9.17, 15) is 4.79 Å². The number of nitrogens with one attached hydrogen (secondary N) is 1. The second-order valence-corrected chi connectivity index (χ2v) is 5.75. The summed E-state index contributed by atoms with van der Waals surface area (Å²) in [5.74, 6) is 0.322. The zero-order valence-corrected chi connectivity index (χ0v) is 13.2. The van der Waals surface area contributed by atoms with Crippen LogP contribution in [-0.4, -0.2) is 21.4 Å². The van der Waals surface area contributed by atoms with E-state index in [0.29, 0.717) is 11.6 Å². The lowest BCUT2D eigenvalue weighted by atomic mass is 10.1. The van der Waals surface area contributed by atoms with Crippen molar-refractivity contribution in [3.63, 3.8) is 0 Å². The molecule has 0 aliphatic carbocycles. The summed E-state index contributed by atoms with van der Waals surface area (Å²) in [6, 6.07) is 11.7. The first-order valence-corrected chi connectivity index (χ1v) is 7.87. The van der Waals surface area contributed by atoms with E-state index in [1.54, 1.807) is 6.07 Å². The van der Waals surface area contributed by atoms with Gasteiger partial charge in [-0.3, -0.25) is 4.79 Å². The number of para-hydroxylation sites is 1. The molecule has 0 aliphatic heterocycles. The third-order valence-corrected chi connectivity index (χ3v) is 4.07. The summed E-state index contributed by atoms with van der Waals surface area (Å²) in [7, 11) is 0. The molecule has 4 heteroatoms. The van der Waals surface area contributed by atoms with Gasteiger partial charge in [-0.05, 0) is 18.1 Å². The number of carbonyl (C=O) groups excluding carboxylic acids is 1. The van der Waals surface area contributed by atoms with Gasteiger partial charge in [-0.25, -0.2) is 4.98 Å². The van der Waals surface area contributed by atoms with Gasteiger partial charge >= 0.3 is 0 Å². The molecule has 19 heavy (non-hydrogen) atoms. The molecule has 0 radical (unpaired) electrons. The molecule has 1 aromatic heterocycles. The highest BCUT2D eigenvalue weighted by molar-refractivity contribution is 14.1. The van der Waals surface area contributed by atoms with E-state index in [0.717, 1.165) is 15.3 Å². The average Bonchev–Trinajstić information content (AvgIpc) is 2.43. The van der Waals surface area contributed by atoms with E-state index in [1.807, 2.05) is 30.3 Å². The van der Waals surface area contributed by atoms with Crippen LogP contribution in [0.3, 0.4) is 0 Å². The highest BCUT2D eigenvalue weighted by Crippen LogP contribution is 2.12. The minimum absolute atomic E-state index is 0.0962. The van der Waals surface area contributed by atoms with Gasteiger partial charge in [0.2, 0.25) is 0 Å². The fourth-order valence-corrected chi connectivity index (χ4v) is 3.06. The van der Waals surface area contributed by atoms with Gasteiger partial charge in [-0.15, -0.1) is 0 Å². The van der Waals surface area contributed by atoms with E-state index in [4.69, 9.17) is 0 Å². The number of hydrogen-bond acceptors (Lipinski definition) is 2. The molecule has 1 N–H and O–H groups in total. The zero-order chi connectivity index (χ0) is 13.8. The normalized spacial score (nSPS) is 12.6. The summed E-state index contributed by atoms with van der Waals surface area (Å²) in [4.78, 5) is 16.6. The summed E-state index contributed by atoms with van der Waals surface area (Å²) in [6.45, 7) is 4.22. The van der Waals surface area contributed by atoms with Gasteiger partial charge in [-0.1, -0.05) is 60.7 Å². The summed E-state index contributed by atoms with van der Waals surface area (Å²) >= 11 is 2.30. The van der Waals surface area contributed by atoms with Crippen molar-refractivity contribution in [3.8, 4) is 0 Å². The Labute approximate surface area is 126 Å². The SMILES string of the molecule is CC(C)C(CI)NC(=O)c1ccc2ccccc2n1. The molecule has 1 amide bonds. The van der Waals surface area contributed by atoms with E-state index < -0.39 is 0 Å². The summed E-state index contributed by atoms with van der Waals surface area (Å²) in [5, 5.41) is 4.09. The predicted octanol–water partition coefficient (Wildman–Crippen LogP) is 3.42. The molecule has 1 heterocycles. The van der Waals surface area contributed by atoms with Crippen LogP contribution in [0.4, 0.5) is 0 Å². The van der Waals surface area contributed by atoms with E-state index >= 15 is 0 Å². The number of rotatable bonds is 4. The molecule has 2 rings (SSSR count). The molecule has 1 atom stereocenters. The number of hydrogen-bond donors (Lipinski definition) is 1. The van der Waals surface area contributed by atoms with Crippen molar-refractivity contribution in [1.82, 2.24) is 10.3 Å². The summed E-state index contributed by atoms with van der Waals surface area (Å²) in [6.07, 6.45) is 0. The number of halogens is 1. The van der Waals surface area contributed by atoms with Crippen LogP contribution in [0.15, 0.2) is 36.4 Å². The number of benzene rings is 1. The van der Waals surface area contributed by atoms with Crippen molar-refractivity contribution < 1.29 is 4.79 Å². The van der Waals surface area contributed by atoms with Crippen LogP contribution in [0.1, 0.15) is 24.3 Å². The topological polar surface area (TPSA) is 42.0 Å². The molecule has 0 saturated carbocycles. The van der Waals surface area contributed by atoms with Crippen LogP contribution in [0.5, 0.6) is 0 Å². The first kappa shape index (κ1) is 14.2. The van der Waals surface area contributed by atoms with Crippen molar-refractivity contribution >= 4 is 39.4 Å². The van der Waals surface area contributed by atoms with Crippen molar-refractivity contribution in [1.29, 1.82) is 0 Å². The fraction of sp³-hybridized carbons (Fsp3) is 0.333. The van der Waals surface area contributed by atoms with Gasteiger partial charge in [0.25, 0.3) is 5.91 Å². The first-order valence-electron chi connectivity index (χ1n) is 6.34. The fourth-order valence-electron chi connectivity index (χ4n) is 1.82. The third-order valence-electron chi connectivity index (χ3n) is 3.12. The standard InChI is InChI=1S/C15H17IN2O/c1-10(2)14(9-16)18-15(19)13-8-7-11-5-3-4-6-12(11)17-13/h3-8,10,14H,9H2,1-2H3,(H,18,19). The van der Waals surface area contributed by atoms with Crippen LogP contribution in [0.25, 0.3) is 10.9 Å². The van der Waals surface area contributed by atoms with E-state index in [2.05, 4.69) is 46.7 Å². The molecule has 1 unspecified atom stereocenters. The van der Waals surface area contributed by atoms with Crippen LogP contribution in [-0.2, 0) is 0 Å². The molecule has 3 nitrogen and oxygen atoms in total. The molecular weight excluding hydrogens is 351 g/mol. The molecule has 0 saturated heterocycles. The lowest BCUT2D eigenvalue weighted by Crippen LogP contribution is -2.40. The number of amides is 1. The highest BCUT2D eigenvalue weighted by Gasteiger charge is 2.16. The third kappa shape index (κ3) is 3.43.